The molecular formula is C32H41F3N8O4. The number of halogens is 3. The van der Waals surface area contributed by atoms with Crippen molar-refractivity contribution < 1.29 is 32.0 Å². The fourth-order valence-corrected chi connectivity index (χ4v) is 6.00. The Hall–Kier alpha value is -4.43. The summed E-state index contributed by atoms with van der Waals surface area (Å²) < 4.78 is 53.6. The van der Waals surface area contributed by atoms with Gasteiger partial charge in [-0.3, -0.25) is 4.79 Å². The largest absolute Gasteiger partial charge is 0.444 e. The highest BCUT2D eigenvalue weighted by molar-refractivity contribution is 5.92. The molecule has 0 bridgehead atoms. The Labute approximate surface area is 271 Å². The fraction of sp³-hybridized carbons (Fsp3) is 0.562. The molecule has 2 aliphatic rings. The van der Waals surface area contributed by atoms with Gasteiger partial charge in [0.25, 0.3) is 5.91 Å². The van der Waals surface area contributed by atoms with Crippen LogP contribution in [0.4, 0.5) is 29.8 Å². The number of carbonyl (C=O) groups excluding carboxylic acids is 2. The minimum Gasteiger partial charge on any atom is -0.444 e. The zero-order valence-corrected chi connectivity index (χ0v) is 27.5. The van der Waals surface area contributed by atoms with E-state index in [1.165, 1.54) is 12.4 Å². The highest BCUT2D eigenvalue weighted by Crippen LogP contribution is 2.33. The van der Waals surface area contributed by atoms with Crippen LogP contribution in [0.3, 0.4) is 0 Å². The second kappa shape index (κ2) is 13.7. The number of nitrogens with one attached hydrogen (secondary N) is 1. The smallest absolute Gasteiger partial charge is 0.407 e. The van der Waals surface area contributed by atoms with Crippen molar-refractivity contribution in [2.75, 3.05) is 42.5 Å². The van der Waals surface area contributed by atoms with E-state index in [0.29, 0.717) is 56.2 Å². The van der Waals surface area contributed by atoms with Gasteiger partial charge in [0.2, 0.25) is 0 Å². The van der Waals surface area contributed by atoms with Crippen LogP contribution in [0.2, 0.25) is 0 Å². The van der Waals surface area contributed by atoms with Crippen molar-refractivity contribution in [2.24, 2.45) is 0 Å². The van der Waals surface area contributed by atoms with Crippen LogP contribution < -0.4 is 15.1 Å². The molecule has 2 aliphatic heterocycles. The van der Waals surface area contributed by atoms with E-state index in [0.717, 1.165) is 6.07 Å². The van der Waals surface area contributed by atoms with Crippen LogP contribution in [0.25, 0.3) is 0 Å². The van der Waals surface area contributed by atoms with Gasteiger partial charge in [-0.2, -0.15) is 4.98 Å². The second-order valence-corrected chi connectivity index (χ2v) is 13.2. The molecule has 2 atom stereocenters. The molecule has 15 heteroatoms. The van der Waals surface area contributed by atoms with Crippen molar-refractivity contribution in [3.05, 3.63) is 59.1 Å². The molecule has 4 heterocycles. The Morgan fingerprint density at radius 1 is 1.04 bits per heavy atom. The standard InChI is InChI=1S/C32H41F3N8O4/c1-7-43(19-8-10-41(11-9-19)30-39-28(18(2)3)40-47-30)29(44)25-14-37-27(15-36-25)42-16-21(20-12-23(34)24(35)13-22(20)33)26(17-42)38-31(45)46-32(4,5)6/h12-15,18-19,21,26H,7-11,16-17H2,1-6H3,(H,38,45). The minimum atomic E-state index is -1.30. The van der Waals surface area contributed by atoms with Gasteiger partial charge in [0.1, 0.15) is 22.9 Å². The third kappa shape index (κ3) is 7.76. The topological polar surface area (TPSA) is 130 Å². The Balaban J connectivity index is 1.27. The van der Waals surface area contributed by atoms with E-state index in [2.05, 4.69) is 25.4 Å². The number of alkyl carbamates (subject to hydrolysis) is 1. The first-order chi connectivity index (χ1) is 22.2. The molecule has 2 unspecified atom stereocenters. The van der Waals surface area contributed by atoms with Crippen molar-refractivity contribution in [2.45, 2.75) is 83.9 Å². The lowest BCUT2D eigenvalue weighted by Gasteiger charge is -2.37. The van der Waals surface area contributed by atoms with E-state index >= 15 is 0 Å². The fourth-order valence-electron chi connectivity index (χ4n) is 6.00. The third-order valence-corrected chi connectivity index (χ3v) is 8.37. The molecule has 2 fully saturated rings. The maximum Gasteiger partial charge on any atom is 0.407 e. The number of nitrogens with zero attached hydrogens (tertiary/aromatic N) is 7. The van der Waals surface area contributed by atoms with Crippen LogP contribution >= 0.6 is 0 Å². The molecule has 47 heavy (non-hydrogen) atoms. The SMILES string of the molecule is CCN(C(=O)c1cnc(N2CC(NC(=O)OC(C)(C)C)C(c3cc(F)c(F)cc3F)C2)cn1)C1CCN(c2nc(C(C)C)no2)CC1. The number of amides is 2. The lowest BCUT2D eigenvalue weighted by molar-refractivity contribution is 0.0504. The summed E-state index contributed by atoms with van der Waals surface area (Å²) in [6.07, 6.45) is 3.54. The Morgan fingerprint density at radius 2 is 1.74 bits per heavy atom. The highest BCUT2D eigenvalue weighted by atomic mass is 19.2. The van der Waals surface area contributed by atoms with Crippen LogP contribution in [-0.4, -0.2) is 87.4 Å². The van der Waals surface area contributed by atoms with Crippen molar-refractivity contribution in [3.63, 3.8) is 0 Å². The highest BCUT2D eigenvalue weighted by Gasteiger charge is 2.39. The van der Waals surface area contributed by atoms with Crippen molar-refractivity contribution in [1.29, 1.82) is 0 Å². The lowest BCUT2D eigenvalue weighted by Crippen LogP contribution is -2.47. The summed E-state index contributed by atoms with van der Waals surface area (Å²) in [7, 11) is 0. The van der Waals surface area contributed by atoms with E-state index < -0.39 is 41.1 Å². The Bertz CT molecular complexity index is 1570. The minimum absolute atomic E-state index is 0.0113. The molecule has 0 spiro atoms. The van der Waals surface area contributed by atoms with Crippen LogP contribution in [0.5, 0.6) is 0 Å². The van der Waals surface area contributed by atoms with Crippen molar-refractivity contribution in [3.8, 4) is 0 Å². The summed E-state index contributed by atoms with van der Waals surface area (Å²) in [5.41, 5.74) is -0.702. The van der Waals surface area contributed by atoms with Gasteiger partial charge in [0.05, 0.1) is 18.4 Å². The van der Waals surface area contributed by atoms with E-state index in [9.17, 15) is 22.8 Å². The van der Waals surface area contributed by atoms with E-state index in [-0.39, 0.29) is 42.2 Å². The summed E-state index contributed by atoms with van der Waals surface area (Å²) in [6.45, 7) is 13.1. The molecule has 0 aliphatic carbocycles. The van der Waals surface area contributed by atoms with Crippen LogP contribution in [0.1, 0.15) is 88.1 Å². The molecule has 2 amide bonds. The van der Waals surface area contributed by atoms with Gasteiger partial charge in [-0.15, -0.1) is 0 Å². The number of rotatable bonds is 8. The normalized spacial score (nSPS) is 18.9. The van der Waals surface area contributed by atoms with Crippen molar-refractivity contribution >= 4 is 23.8 Å². The molecule has 0 radical (unpaired) electrons. The molecule has 5 rings (SSSR count). The lowest BCUT2D eigenvalue weighted by atomic mass is 9.93. The molecule has 3 aromatic rings. The third-order valence-electron chi connectivity index (χ3n) is 8.37. The van der Waals surface area contributed by atoms with Crippen molar-refractivity contribution in [1.82, 2.24) is 30.3 Å². The van der Waals surface area contributed by atoms with Gasteiger partial charge in [-0.1, -0.05) is 19.0 Å². The first kappa shape index (κ1) is 33.9. The molecular weight excluding hydrogens is 617 g/mol. The Kier molecular flexibility index (Phi) is 9.92. The molecule has 254 valence electrons. The quantitative estimate of drug-likeness (QED) is 0.329. The monoisotopic (exact) mass is 658 g/mol. The summed E-state index contributed by atoms with van der Waals surface area (Å²) in [4.78, 5) is 45.1. The number of hydrogen-bond donors (Lipinski definition) is 1. The van der Waals surface area contributed by atoms with E-state index in [1.807, 2.05) is 25.7 Å². The average molecular weight is 659 g/mol. The number of benzene rings is 1. The molecule has 1 aromatic carbocycles. The van der Waals surface area contributed by atoms with Gasteiger partial charge in [-0.05, 0) is 52.2 Å². The number of ether oxygens (including phenoxy) is 1. The predicted molar refractivity (Wildman–Crippen MR) is 167 cm³/mol. The summed E-state index contributed by atoms with van der Waals surface area (Å²) in [5.74, 6) is -3.24. The van der Waals surface area contributed by atoms with Crippen LogP contribution in [0, 0.1) is 17.5 Å². The van der Waals surface area contributed by atoms with Crippen LogP contribution in [-0.2, 0) is 4.74 Å². The summed E-state index contributed by atoms with van der Waals surface area (Å²) in [6, 6.07) is 1.06. The van der Waals surface area contributed by atoms with Gasteiger partial charge in [0.15, 0.2) is 17.5 Å². The Morgan fingerprint density at radius 3 is 2.34 bits per heavy atom. The predicted octanol–water partition coefficient (Wildman–Crippen LogP) is 5.03. The van der Waals surface area contributed by atoms with Gasteiger partial charge in [-0.25, -0.2) is 27.9 Å². The first-order valence-corrected chi connectivity index (χ1v) is 15.8. The summed E-state index contributed by atoms with van der Waals surface area (Å²) >= 11 is 0. The zero-order chi connectivity index (χ0) is 34.0. The maximum atomic E-state index is 14.9. The molecule has 0 saturated carbocycles. The molecule has 2 aromatic heterocycles. The number of piperidine rings is 1. The number of carbonyl (C=O) groups is 2. The van der Waals surface area contributed by atoms with Crippen LogP contribution in [0.15, 0.2) is 29.0 Å². The van der Waals surface area contributed by atoms with Gasteiger partial charge >= 0.3 is 12.1 Å². The summed E-state index contributed by atoms with van der Waals surface area (Å²) in [5, 5.41) is 6.79. The van der Waals surface area contributed by atoms with Gasteiger partial charge in [0, 0.05) is 56.7 Å². The van der Waals surface area contributed by atoms with E-state index in [4.69, 9.17) is 9.26 Å². The van der Waals surface area contributed by atoms with E-state index in [1.54, 1.807) is 30.6 Å². The number of hydrogen-bond acceptors (Lipinski definition) is 10. The second-order valence-electron chi connectivity index (χ2n) is 13.2. The molecule has 2 saturated heterocycles. The average Bonchev–Trinajstić information content (AvgIpc) is 3.67. The van der Waals surface area contributed by atoms with Gasteiger partial charge < -0.3 is 29.3 Å². The molecule has 1 N–H and O–H groups in total. The number of aromatic nitrogens is 4. The molecule has 12 nitrogen and oxygen atoms in total. The maximum absolute atomic E-state index is 14.9. The first-order valence-electron chi connectivity index (χ1n) is 15.8. The zero-order valence-electron chi connectivity index (χ0n) is 27.5. The number of anilines is 2.